The van der Waals surface area contributed by atoms with Gasteiger partial charge in [0.1, 0.15) is 11.3 Å². The van der Waals surface area contributed by atoms with Crippen molar-refractivity contribution in [2.45, 2.75) is 6.04 Å². The van der Waals surface area contributed by atoms with Crippen molar-refractivity contribution in [3.63, 3.8) is 0 Å². The van der Waals surface area contributed by atoms with E-state index < -0.39 is 0 Å². The molecule has 6 rings (SSSR count). The van der Waals surface area contributed by atoms with Gasteiger partial charge in [-0.15, -0.1) is 0 Å². The second-order valence-electron chi connectivity index (χ2n) is 7.73. The van der Waals surface area contributed by atoms with Crippen molar-refractivity contribution in [2.75, 3.05) is 12.4 Å². The Kier molecular flexibility index (Phi) is 3.87. The molecule has 1 aliphatic rings. The van der Waals surface area contributed by atoms with Gasteiger partial charge >= 0.3 is 5.63 Å². The zero-order chi connectivity index (χ0) is 20.9. The topological polar surface area (TPSA) is 51.5 Å². The summed E-state index contributed by atoms with van der Waals surface area (Å²) >= 11 is 0. The molecule has 150 valence electrons. The first kappa shape index (κ1) is 17.8. The van der Waals surface area contributed by atoms with Crippen molar-refractivity contribution < 1.29 is 9.15 Å². The van der Waals surface area contributed by atoms with E-state index >= 15 is 0 Å². The highest BCUT2D eigenvalue weighted by atomic mass is 16.5. The van der Waals surface area contributed by atoms with Gasteiger partial charge in [-0.25, -0.2) is 4.79 Å². The summed E-state index contributed by atoms with van der Waals surface area (Å²) in [6.07, 6.45) is 0. The third-order valence-corrected chi connectivity index (χ3v) is 6.06. The van der Waals surface area contributed by atoms with Crippen LogP contribution in [0.5, 0.6) is 5.75 Å². The van der Waals surface area contributed by atoms with Crippen LogP contribution in [0.1, 0.15) is 17.2 Å². The van der Waals surface area contributed by atoms with Gasteiger partial charge in [-0.05, 0) is 40.6 Å². The average Bonchev–Trinajstić information content (AvgIpc) is 2.83. The van der Waals surface area contributed by atoms with E-state index in [1.165, 1.54) is 0 Å². The summed E-state index contributed by atoms with van der Waals surface area (Å²) in [7, 11) is 1.64. The summed E-state index contributed by atoms with van der Waals surface area (Å²) in [5.74, 6) is 0.775. The molecule has 0 spiro atoms. The van der Waals surface area contributed by atoms with Crippen LogP contribution in [0, 0.1) is 0 Å². The lowest BCUT2D eigenvalue weighted by molar-refractivity contribution is 0.414. The number of fused-ring (bicyclic) bond motifs is 7. The molecule has 0 fully saturated rings. The van der Waals surface area contributed by atoms with Gasteiger partial charge in [-0.3, -0.25) is 0 Å². The number of rotatable bonds is 2. The van der Waals surface area contributed by atoms with Gasteiger partial charge in [0.15, 0.2) is 0 Å². The smallest absolute Gasteiger partial charge is 0.342 e. The number of nitrogens with one attached hydrogen (secondary N) is 1. The van der Waals surface area contributed by atoms with E-state index in [-0.39, 0.29) is 11.7 Å². The summed E-state index contributed by atoms with van der Waals surface area (Å²) < 4.78 is 11.1. The Morgan fingerprint density at radius 1 is 0.806 bits per heavy atom. The fraction of sp³-hybridized carbons (Fsp3) is 0.0741. The van der Waals surface area contributed by atoms with Crippen molar-refractivity contribution >= 4 is 27.4 Å². The third kappa shape index (κ3) is 2.65. The highest BCUT2D eigenvalue weighted by Crippen LogP contribution is 2.47. The first-order chi connectivity index (χ1) is 15.2. The van der Waals surface area contributed by atoms with Crippen LogP contribution in [0.25, 0.3) is 32.9 Å². The molecule has 0 aliphatic carbocycles. The molecule has 0 bridgehead atoms. The molecule has 31 heavy (non-hydrogen) atoms. The Hall–Kier alpha value is -4.05. The van der Waals surface area contributed by atoms with Crippen LogP contribution in [-0.4, -0.2) is 7.11 Å². The molecule has 0 saturated carbocycles. The number of anilines is 1. The molecule has 5 aromatic rings. The largest absolute Gasteiger partial charge is 0.497 e. The lowest BCUT2D eigenvalue weighted by atomic mass is 9.83. The fourth-order valence-electron chi connectivity index (χ4n) is 4.63. The second-order valence-corrected chi connectivity index (χ2v) is 7.73. The molecule has 1 N–H and O–H groups in total. The predicted octanol–water partition coefficient (Wildman–Crippen LogP) is 6.14. The van der Waals surface area contributed by atoms with Gasteiger partial charge in [0.25, 0.3) is 0 Å². The molecular formula is C27H19NO3. The molecule has 4 nitrogen and oxygen atoms in total. The van der Waals surface area contributed by atoms with E-state index in [0.717, 1.165) is 44.3 Å². The summed E-state index contributed by atoms with van der Waals surface area (Å²) in [5, 5.41) is 6.79. The van der Waals surface area contributed by atoms with Gasteiger partial charge in [-0.1, -0.05) is 60.7 Å². The highest BCUT2D eigenvalue weighted by molar-refractivity contribution is 6.11. The Morgan fingerprint density at radius 2 is 1.55 bits per heavy atom. The van der Waals surface area contributed by atoms with Crippen LogP contribution in [0.2, 0.25) is 0 Å². The molecule has 2 heterocycles. The SMILES string of the molecule is COc1ccc([C@H]2Nc3ccc4ccccc4c3-c3c2c(=O)oc2ccccc32)cc1. The zero-order valence-electron chi connectivity index (χ0n) is 16.9. The molecule has 0 unspecified atom stereocenters. The Labute approximate surface area is 178 Å². The number of para-hydroxylation sites is 1. The van der Waals surface area contributed by atoms with Gasteiger partial charge in [0, 0.05) is 22.2 Å². The predicted molar refractivity (Wildman–Crippen MR) is 124 cm³/mol. The summed E-state index contributed by atoms with van der Waals surface area (Å²) in [6.45, 7) is 0. The van der Waals surface area contributed by atoms with Crippen molar-refractivity contribution in [3.8, 4) is 16.9 Å². The molecule has 1 atom stereocenters. The van der Waals surface area contributed by atoms with Gasteiger partial charge in [-0.2, -0.15) is 0 Å². The van der Waals surface area contributed by atoms with Gasteiger partial charge in [0.05, 0.1) is 18.7 Å². The molecule has 1 aromatic heterocycles. The van der Waals surface area contributed by atoms with Crippen molar-refractivity contribution in [1.82, 2.24) is 0 Å². The van der Waals surface area contributed by atoms with E-state index in [1.807, 2.05) is 60.7 Å². The molecule has 0 radical (unpaired) electrons. The maximum atomic E-state index is 13.3. The van der Waals surface area contributed by atoms with Crippen LogP contribution < -0.4 is 15.7 Å². The molecule has 0 saturated heterocycles. The van der Waals surface area contributed by atoms with Crippen molar-refractivity contribution in [1.29, 1.82) is 0 Å². The zero-order valence-corrected chi connectivity index (χ0v) is 16.9. The van der Waals surface area contributed by atoms with Gasteiger partial charge < -0.3 is 14.5 Å². The van der Waals surface area contributed by atoms with E-state index in [9.17, 15) is 4.79 Å². The second kappa shape index (κ2) is 6.74. The van der Waals surface area contributed by atoms with Crippen molar-refractivity contribution in [2.24, 2.45) is 0 Å². The first-order valence-corrected chi connectivity index (χ1v) is 10.2. The number of ether oxygens (including phenoxy) is 1. The lowest BCUT2D eigenvalue weighted by Crippen LogP contribution is -2.25. The number of methoxy groups -OCH3 is 1. The standard InChI is InChI=1S/C27H19NO3/c1-30-18-13-10-17(11-14-18)26-25-24(20-8-4-5-9-22(20)31-27(25)29)23-19-7-3-2-6-16(19)12-15-21(23)28-26/h2-15,26,28H,1H3/t26-/m1/s1. The Bertz CT molecular complexity index is 1520. The number of benzene rings is 4. The number of hydrogen-bond donors (Lipinski definition) is 1. The molecular weight excluding hydrogens is 386 g/mol. The van der Waals surface area contributed by atoms with Crippen LogP contribution in [0.4, 0.5) is 5.69 Å². The quantitative estimate of drug-likeness (QED) is 0.359. The minimum atomic E-state index is -0.324. The molecule has 4 aromatic carbocycles. The van der Waals surface area contributed by atoms with Crippen LogP contribution >= 0.6 is 0 Å². The molecule has 1 aliphatic heterocycles. The molecule has 0 amide bonds. The third-order valence-electron chi connectivity index (χ3n) is 6.06. The minimum Gasteiger partial charge on any atom is -0.497 e. The van der Waals surface area contributed by atoms with E-state index in [1.54, 1.807) is 7.11 Å². The highest BCUT2D eigenvalue weighted by Gasteiger charge is 2.32. The Morgan fingerprint density at radius 3 is 2.35 bits per heavy atom. The average molecular weight is 405 g/mol. The maximum absolute atomic E-state index is 13.3. The minimum absolute atomic E-state index is 0.319. The summed E-state index contributed by atoms with van der Waals surface area (Å²) in [4.78, 5) is 13.3. The van der Waals surface area contributed by atoms with E-state index in [0.29, 0.717) is 11.1 Å². The van der Waals surface area contributed by atoms with Crippen molar-refractivity contribution in [3.05, 3.63) is 106 Å². The molecule has 4 heteroatoms. The van der Waals surface area contributed by atoms with Gasteiger partial charge in [0.2, 0.25) is 0 Å². The lowest BCUT2D eigenvalue weighted by Gasteiger charge is -2.30. The monoisotopic (exact) mass is 405 g/mol. The summed E-state index contributed by atoms with van der Waals surface area (Å²) in [6, 6.07) is 27.7. The maximum Gasteiger partial charge on any atom is 0.342 e. The summed E-state index contributed by atoms with van der Waals surface area (Å²) in [5.41, 5.74) is 4.88. The van der Waals surface area contributed by atoms with Crippen LogP contribution in [0.3, 0.4) is 0 Å². The Balaban J connectivity index is 1.73. The van der Waals surface area contributed by atoms with E-state index in [2.05, 4.69) is 29.6 Å². The number of hydrogen-bond acceptors (Lipinski definition) is 4. The fourth-order valence-corrected chi connectivity index (χ4v) is 4.63. The van der Waals surface area contributed by atoms with Crippen LogP contribution in [0.15, 0.2) is 94.1 Å². The van der Waals surface area contributed by atoms with E-state index in [4.69, 9.17) is 9.15 Å². The van der Waals surface area contributed by atoms with Crippen LogP contribution in [-0.2, 0) is 0 Å². The first-order valence-electron chi connectivity index (χ1n) is 10.2. The normalized spacial score (nSPS) is 14.7.